The molecule has 2 rings (SSSR count). The van der Waals surface area contributed by atoms with Gasteiger partial charge in [0.2, 0.25) is 5.91 Å². The van der Waals surface area contributed by atoms with Crippen LogP contribution in [0.3, 0.4) is 0 Å². The van der Waals surface area contributed by atoms with Crippen LogP contribution in [0.25, 0.3) is 0 Å². The van der Waals surface area contributed by atoms with Gasteiger partial charge in [-0.25, -0.2) is 0 Å². The van der Waals surface area contributed by atoms with Crippen LogP contribution in [0.5, 0.6) is 5.75 Å². The first kappa shape index (κ1) is 16.1. The Morgan fingerprint density at radius 2 is 2.00 bits per heavy atom. The number of hydrogen-bond donors (Lipinski definition) is 2. The summed E-state index contributed by atoms with van der Waals surface area (Å²) in [6.07, 6.45) is 0.216. The molecule has 0 fully saturated rings. The summed E-state index contributed by atoms with van der Waals surface area (Å²) in [4.78, 5) is 13.0. The predicted molar refractivity (Wildman–Crippen MR) is 87.2 cm³/mol. The smallest absolute Gasteiger partial charge is 0.250 e. The maximum atomic E-state index is 11.7. The number of amides is 1. The van der Waals surface area contributed by atoms with Gasteiger partial charge in [0.05, 0.1) is 0 Å². The summed E-state index contributed by atoms with van der Waals surface area (Å²) in [6.45, 7) is 3.43. The molecule has 1 amide bonds. The van der Waals surface area contributed by atoms with Crippen molar-refractivity contribution in [2.24, 2.45) is 0 Å². The number of benzene rings is 2. The van der Waals surface area contributed by atoms with Crippen LogP contribution in [0.15, 0.2) is 55.1 Å². The van der Waals surface area contributed by atoms with Gasteiger partial charge in [-0.05, 0) is 41.5 Å². The minimum Gasteiger partial charge on any atom is -0.508 e. The molecule has 1 unspecified atom stereocenters. The van der Waals surface area contributed by atoms with Crippen LogP contribution in [0.1, 0.15) is 17.2 Å². The van der Waals surface area contributed by atoms with E-state index < -0.39 is 6.10 Å². The number of halogens is 1. The third kappa shape index (κ3) is 3.47. The van der Waals surface area contributed by atoms with Gasteiger partial charge in [0, 0.05) is 23.8 Å². The minimum absolute atomic E-state index is 0.0442. The molecule has 0 aliphatic rings. The van der Waals surface area contributed by atoms with Gasteiger partial charge in [0.1, 0.15) is 11.9 Å². The van der Waals surface area contributed by atoms with Gasteiger partial charge in [-0.3, -0.25) is 4.79 Å². The number of nitrogens with zero attached hydrogens (tertiary/aromatic N) is 1. The summed E-state index contributed by atoms with van der Waals surface area (Å²) in [5, 5.41) is 20.8. The molecule has 0 radical (unpaired) electrons. The fraction of sp³-hybridized carbons (Fsp3) is 0.118. The Bertz CT molecular complexity index is 715. The Morgan fingerprint density at radius 3 is 2.64 bits per heavy atom. The van der Waals surface area contributed by atoms with E-state index in [4.69, 9.17) is 11.6 Å². The molecule has 5 heteroatoms. The lowest BCUT2D eigenvalue weighted by Crippen LogP contribution is -2.23. The first-order chi connectivity index (χ1) is 10.4. The highest BCUT2D eigenvalue weighted by Gasteiger charge is 2.15. The third-order valence-corrected chi connectivity index (χ3v) is 3.53. The minimum atomic E-state index is -0.961. The number of rotatable bonds is 4. The largest absolute Gasteiger partial charge is 0.508 e. The normalized spacial score (nSPS) is 11.8. The predicted octanol–water partition coefficient (Wildman–Crippen LogP) is 3.28. The topological polar surface area (TPSA) is 60.8 Å². The zero-order chi connectivity index (χ0) is 16.3. The van der Waals surface area contributed by atoms with Crippen molar-refractivity contribution in [3.05, 3.63) is 71.3 Å². The summed E-state index contributed by atoms with van der Waals surface area (Å²) in [7, 11) is 1.56. The Morgan fingerprint density at radius 1 is 1.27 bits per heavy atom. The first-order valence-corrected chi connectivity index (χ1v) is 6.97. The van der Waals surface area contributed by atoms with Crippen molar-refractivity contribution in [2.75, 3.05) is 11.9 Å². The van der Waals surface area contributed by atoms with E-state index in [9.17, 15) is 15.0 Å². The molecule has 0 spiro atoms. The van der Waals surface area contributed by atoms with Crippen LogP contribution >= 0.6 is 11.6 Å². The van der Waals surface area contributed by atoms with Crippen LogP contribution in [0.4, 0.5) is 5.69 Å². The van der Waals surface area contributed by atoms with E-state index in [1.807, 2.05) is 0 Å². The molecule has 114 valence electrons. The highest BCUT2D eigenvalue weighted by Crippen LogP contribution is 2.30. The van der Waals surface area contributed by atoms with Crippen molar-refractivity contribution in [3.63, 3.8) is 0 Å². The Hall–Kier alpha value is -2.30. The maximum absolute atomic E-state index is 11.7. The third-order valence-electron chi connectivity index (χ3n) is 3.30. The number of hydrogen-bond acceptors (Lipinski definition) is 3. The standard InChI is InChI=1S/C17H16ClNO3/c1-3-16(21)19(2)14-8-12(9-15(20)10-14)17(22)11-5-4-6-13(18)7-11/h3-10,17,20,22H,1H2,2H3. The zero-order valence-corrected chi connectivity index (χ0v) is 12.8. The van der Waals surface area contributed by atoms with Crippen molar-refractivity contribution in [1.82, 2.24) is 0 Å². The molecule has 4 nitrogen and oxygen atoms in total. The fourth-order valence-electron chi connectivity index (χ4n) is 2.10. The fourth-order valence-corrected chi connectivity index (χ4v) is 2.30. The number of carbonyl (C=O) groups excluding carboxylic acids is 1. The lowest BCUT2D eigenvalue weighted by atomic mass is 10.0. The number of aromatic hydroxyl groups is 1. The average molecular weight is 318 g/mol. The summed E-state index contributed by atoms with van der Waals surface area (Å²) in [6, 6.07) is 11.3. The molecule has 0 saturated heterocycles. The van der Waals surface area contributed by atoms with Crippen molar-refractivity contribution in [1.29, 1.82) is 0 Å². The molecular weight excluding hydrogens is 302 g/mol. The summed E-state index contributed by atoms with van der Waals surface area (Å²) < 4.78 is 0. The van der Waals surface area contributed by atoms with Gasteiger partial charge in [-0.1, -0.05) is 30.3 Å². The Labute approximate surface area is 133 Å². The zero-order valence-electron chi connectivity index (χ0n) is 12.0. The lowest BCUT2D eigenvalue weighted by molar-refractivity contribution is -0.113. The van der Waals surface area contributed by atoms with Crippen molar-refractivity contribution in [2.45, 2.75) is 6.10 Å². The van der Waals surface area contributed by atoms with Crippen LogP contribution < -0.4 is 4.90 Å². The van der Waals surface area contributed by atoms with E-state index in [-0.39, 0.29) is 11.7 Å². The molecule has 0 aliphatic heterocycles. The molecule has 0 heterocycles. The molecular formula is C17H16ClNO3. The maximum Gasteiger partial charge on any atom is 0.250 e. The van der Waals surface area contributed by atoms with E-state index in [0.717, 1.165) is 0 Å². The van der Waals surface area contributed by atoms with Crippen LogP contribution in [0, 0.1) is 0 Å². The van der Waals surface area contributed by atoms with E-state index >= 15 is 0 Å². The number of phenolic OH excluding ortho intramolecular Hbond substituents is 1. The summed E-state index contributed by atoms with van der Waals surface area (Å²) >= 11 is 5.93. The van der Waals surface area contributed by atoms with Gasteiger partial charge >= 0.3 is 0 Å². The molecule has 0 bridgehead atoms. The molecule has 0 saturated carbocycles. The highest BCUT2D eigenvalue weighted by molar-refractivity contribution is 6.30. The second-order valence-electron chi connectivity index (χ2n) is 4.84. The molecule has 22 heavy (non-hydrogen) atoms. The Kier molecular flexibility index (Phi) is 4.85. The molecule has 2 N–H and O–H groups in total. The molecule has 2 aromatic rings. The average Bonchev–Trinajstić information content (AvgIpc) is 2.52. The second-order valence-corrected chi connectivity index (χ2v) is 5.28. The van der Waals surface area contributed by atoms with Gasteiger partial charge in [0.25, 0.3) is 0 Å². The van der Waals surface area contributed by atoms with E-state index in [0.29, 0.717) is 21.8 Å². The quantitative estimate of drug-likeness (QED) is 0.851. The van der Waals surface area contributed by atoms with Crippen LogP contribution in [-0.4, -0.2) is 23.2 Å². The van der Waals surface area contributed by atoms with E-state index in [1.165, 1.54) is 23.1 Å². The van der Waals surface area contributed by atoms with Crippen molar-refractivity contribution < 1.29 is 15.0 Å². The van der Waals surface area contributed by atoms with Crippen molar-refractivity contribution >= 4 is 23.2 Å². The molecule has 2 aromatic carbocycles. The van der Waals surface area contributed by atoms with E-state index in [1.54, 1.807) is 37.4 Å². The van der Waals surface area contributed by atoms with E-state index in [2.05, 4.69) is 6.58 Å². The summed E-state index contributed by atoms with van der Waals surface area (Å²) in [5.74, 6) is -0.355. The SMILES string of the molecule is C=CC(=O)N(C)c1cc(O)cc(C(O)c2cccc(Cl)c2)c1. The van der Waals surface area contributed by atoms with Gasteiger partial charge in [-0.15, -0.1) is 0 Å². The number of anilines is 1. The number of likely N-dealkylation sites (N-methyl/N-ethyl adjacent to an activating group) is 1. The summed E-state index contributed by atoms with van der Waals surface area (Å²) in [5.41, 5.74) is 1.52. The Balaban J connectivity index is 2.41. The van der Waals surface area contributed by atoms with Crippen LogP contribution in [-0.2, 0) is 4.79 Å². The lowest BCUT2D eigenvalue weighted by Gasteiger charge is -2.19. The molecule has 0 aromatic heterocycles. The van der Waals surface area contributed by atoms with Gasteiger partial charge < -0.3 is 15.1 Å². The van der Waals surface area contributed by atoms with Crippen molar-refractivity contribution in [3.8, 4) is 5.75 Å². The number of phenols is 1. The highest BCUT2D eigenvalue weighted by atomic mass is 35.5. The first-order valence-electron chi connectivity index (χ1n) is 6.60. The van der Waals surface area contributed by atoms with Gasteiger partial charge in [-0.2, -0.15) is 0 Å². The molecule has 0 aliphatic carbocycles. The monoisotopic (exact) mass is 317 g/mol. The van der Waals surface area contributed by atoms with Crippen LogP contribution in [0.2, 0.25) is 5.02 Å². The number of aliphatic hydroxyl groups excluding tert-OH is 1. The molecule has 1 atom stereocenters. The number of aliphatic hydroxyl groups is 1. The second kappa shape index (κ2) is 6.64. The number of carbonyl (C=O) groups is 1. The van der Waals surface area contributed by atoms with Gasteiger partial charge in [0.15, 0.2) is 0 Å².